The summed E-state index contributed by atoms with van der Waals surface area (Å²) in [6, 6.07) is 12.2. The van der Waals surface area contributed by atoms with Crippen molar-refractivity contribution < 1.29 is 13.9 Å². The molecule has 0 saturated carbocycles. The van der Waals surface area contributed by atoms with Crippen molar-refractivity contribution in [1.82, 2.24) is 0 Å². The molecule has 0 unspecified atom stereocenters. The van der Waals surface area contributed by atoms with Gasteiger partial charge >= 0.3 is 0 Å². The zero-order valence-electron chi connectivity index (χ0n) is 11.7. The molecular formula is C16H17FN2O2. The predicted octanol–water partition coefficient (Wildman–Crippen LogP) is 2.61. The first-order valence-electron chi connectivity index (χ1n) is 6.54. The van der Waals surface area contributed by atoms with Gasteiger partial charge in [0.1, 0.15) is 11.6 Å². The predicted molar refractivity (Wildman–Crippen MR) is 79.6 cm³/mol. The van der Waals surface area contributed by atoms with Crippen molar-refractivity contribution in [3.63, 3.8) is 0 Å². The summed E-state index contributed by atoms with van der Waals surface area (Å²) in [5, 5.41) is 3.23. The number of aryl methyl sites for hydroxylation is 1. The van der Waals surface area contributed by atoms with Crippen molar-refractivity contribution in [3.05, 3.63) is 59.4 Å². The topological polar surface area (TPSA) is 64.3 Å². The summed E-state index contributed by atoms with van der Waals surface area (Å²) in [4.78, 5) is 10.6. The fraction of sp³-hybridized carbons (Fsp3) is 0.188. The van der Waals surface area contributed by atoms with Crippen LogP contribution in [0.15, 0.2) is 42.5 Å². The van der Waals surface area contributed by atoms with Crippen LogP contribution in [0.25, 0.3) is 0 Å². The van der Waals surface area contributed by atoms with Gasteiger partial charge in [-0.2, -0.15) is 0 Å². The summed E-state index contributed by atoms with van der Waals surface area (Å²) in [7, 11) is 0. The van der Waals surface area contributed by atoms with Crippen molar-refractivity contribution in [2.45, 2.75) is 13.5 Å². The largest absolute Gasteiger partial charge is 0.484 e. The summed E-state index contributed by atoms with van der Waals surface area (Å²) in [6.07, 6.45) is 0. The number of nitrogens with one attached hydrogen (secondary N) is 1. The lowest BCUT2D eigenvalue weighted by Gasteiger charge is -2.09. The number of primary amides is 1. The summed E-state index contributed by atoms with van der Waals surface area (Å²) < 4.78 is 18.3. The molecule has 2 rings (SSSR count). The minimum atomic E-state index is -0.510. The molecule has 0 aliphatic heterocycles. The Kier molecular flexibility index (Phi) is 4.77. The molecule has 0 aromatic heterocycles. The highest BCUT2D eigenvalue weighted by Gasteiger charge is 2.01. The van der Waals surface area contributed by atoms with E-state index >= 15 is 0 Å². The van der Waals surface area contributed by atoms with E-state index in [1.165, 1.54) is 6.07 Å². The molecule has 0 atom stereocenters. The Morgan fingerprint density at radius 2 is 1.95 bits per heavy atom. The Morgan fingerprint density at radius 3 is 2.57 bits per heavy atom. The maximum absolute atomic E-state index is 13.2. The molecular weight excluding hydrogens is 271 g/mol. The normalized spacial score (nSPS) is 10.2. The molecule has 0 saturated heterocycles. The number of amides is 1. The molecule has 0 radical (unpaired) electrons. The van der Waals surface area contributed by atoms with E-state index in [0.717, 1.165) is 11.3 Å². The molecule has 0 spiro atoms. The molecule has 2 aromatic rings. The molecule has 4 nitrogen and oxygen atoms in total. The standard InChI is InChI=1S/C16H17FN2O2/c1-11-8-12(2-7-15(11)17)9-19-13-3-5-14(6-4-13)21-10-16(18)20/h2-8,19H,9-10H2,1H3,(H2,18,20). The first-order chi connectivity index (χ1) is 10.0. The zero-order chi connectivity index (χ0) is 15.2. The van der Waals surface area contributed by atoms with Crippen LogP contribution in [-0.4, -0.2) is 12.5 Å². The number of anilines is 1. The fourth-order valence-corrected chi connectivity index (χ4v) is 1.84. The first kappa shape index (κ1) is 14.8. The number of hydrogen-bond donors (Lipinski definition) is 2. The van der Waals surface area contributed by atoms with Gasteiger partial charge in [0.15, 0.2) is 6.61 Å². The van der Waals surface area contributed by atoms with Crippen LogP contribution in [-0.2, 0) is 11.3 Å². The molecule has 2 aromatic carbocycles. The summed E-state index contributed by atoms with van der Waals surface area (Å²) in [6.45, 7) is 2.20. The van der Waals surface area contributed by atoms with Gasteiger partial charge in [-0.25, -0.2) is 4.39 Å². The number of carbonyl (C=O) groups is 1. The van der Waals surface area contributed by atoms with Crippen LogP contribution in [0.3, 0.4) is 0 Å². The van der Waals surface area contributed by atoms with E-state index in [-0.39, 0.29) is 12.4 Å². The maximum atomic E-state index is 13.2. The average molecular weight is 288 g/mol. The Balaban J connectivity index is 1.91. The van der Waals surface area contributed by atoms with Gasteiger partial charge in [0.2, 0.25) is 0 Å². The monoisotopic (exact) mass is 288 g/mol. The van der Waals surface area contributed by atoms with E-state index in [1.807, 2.05) is 18.2 Å². The zero-order valence-corrected chi connectivity index (χ0v) is 11.7. The molecule has 1 amide bonds. The van der Waals surface area contributed by atoms with Gasteiger partial charge in [0.05, 0.1) is 0 Å². The van der Waals surface area contributed by atoms with E-state index < -0.39 is 5.91 Å². The number of benzene rings is 2. The maximum Gasteiger partial charge on any atom is 0.255 e. The van der Waals surface area contributed by atoms with Crippen LogP contribution < -0.4 is 15.8 Å². The summed E-state index contributed by atoms with van der Waals surface area (Å²) in [5.41, 5.74) is 7.54. The number of nitrogens with two attached hydrogens (primary N) is 1. The van der Waals surface area contributed by atoms with Crippen molar-refractivity contribution >= 4 is 11.6 Å². The van der Waals surface area contributed by atoms with Crippen molar-refractivity contribution in [3.8, 4) is 5.75 Å². The second kappa shape index (κ2) is 6.74. The van der Waals surface area contributed by atoms with Crippen LogP contribution in [0.1, 0.15) is 11.1 Å². The third kappa shape index (κ3) is 4.49. The number of carbonyl (C=O) groups excluding carboxylic acids is 1. The number of halogens is 1. The lowest BCUT2D eigenvalue weighted by Crippen LogP contribution is -2.19. The molecule has 0 aliphatic carbocycles. The van der Waals surface area contributed by atoms with E-state index in [2.05, 4.69) is 5.32 Å². The third-order valence-electron chi connectivity index (χ3n) is 2.95. The van der Waals surface area contributed by atoms with E-state index in [4.69, 9.17) is 10.5 Å². The lowest BCUT2D eigenvalue weighted by atomic mass is 10.1. The Labute approximate surface area is 122 Å². The minimum absolute atomic E-state index is 0.137. The SMILES string of the molecule is Cc1cc(CNc2ccc(OCC(N)=O)cc2)ccc1F. The summed E-state index contributed by atoms with van der Waals surface area (Å²) >= 11 is 0. The second-order valence-electron chi connectivity index (χ2n) is 4.72. The van der Waals surface area contributed by atoms with E-state index in [1.54, 1.807) is 25.1 Å². The number of hydrogen-bond acceptors (Lipinski definition) is 3. The molecule has 0 aliphatic rings. The van der Waals surface area contributed by atoms with Crippen molar-refractivity contribution in [1.29, 1.82) is 0 Å². The quantitative estimate of drug-likeness (QED) is 0.858. The summed E-state index contributed by atoms with van der Waals surface area (Å²) in [5.74, 6) is -0.129. The van der Waals surface area contributed by atoms with Gasteiger partial charge in [-0.1, -0.05) is 12.1 Å². The van der Waals surface area contributed by atoms with Gasteiger partial charge in [-0.15, -0.1) is 0 Å². The highest BCUT2D eigenvalue weighted by molar-refractivity contribution is 5.75. The van der Waals surface area contributed by atoms with Crippen LogP contribution >= 0.6 is 0 Å². The highest BCUT2D eigenvalue weighted by Crippen LogP contribution is 2.17. The van der Waals surface area contributed by atoms with Gasteiger partial charge in [-0.05, 0) is 48.4 Å². The second-order valence-corrected chi connectivity index (χ2v) is 4.72. The van der Waals surface area contributed by atoms with Gasteiger partial charge in [-0.3, -0.25) is 4.79 Å². The number of ether oxygens (including phenoxy) is 1. The van der Waals surface area contributed by atoms with Crippen molar-refractivity contribution in [2.75, 3.05) is 11.9 Å². The number of rotatable bonds is 6. The van der Waals surface area contributed by atoms with Gasteiger partial charge in [0, 0.05) is 12.2 Å². The van der Waals surface area contributed by atoms with Crippen LogP contribution in [0.2, 0.25) is 0 Å². The molecule has 110 valence electrons. The highest BCUT2D eigenvalue weighted by atomic mass is 19.1. The average Bonchev–Trinajstić information content (AvgIpc) is 2.47. The Hall–Kier alpha value is -2.56. The van der Waals surface area contributed by atoms with E-state index in [9.17, 15) is 9.18 Å². The van der Waals surface area contributed by atoms with Crippen LogP contribution in [0, 0.1) is 12.7 Å². The molecule has 0 heterocycles. The van der Waals surface area contributed by atoms with Gasteiger partial charge < -0.3 is 15.8 Å². The molecule has 3 N–H and O–H groups in total. The first-order valence-corrected chi connectivity index (χ1v) is 6.54. The minimum Gasteiger partial charge on any atom is -0.484 e. The smallest absolute Gasteiger partial charge is 0.255 e. The van der Waals surface area contributed by atoms with Crippen molar-refractivity contribution in [2.24, 2.45) is 5.73 Å². The van der Waals surface area contributed by atoms with Gasteiger partial charge in [0.25, 0.3) is 5.91 Å². The molecule has 5 heteroatoms. The Morgan fingerprint density at radius 1 is 1.24 bits per heavy atom. The molecule has 0 bridgehead atoms. The van der Waals surface area contributed by atoms with E-state index in [0.29, 0.717) is 17.9 Å². The van der Waals surface area contributed by atoms with Crippen LogP contribution in [0.5, 0.6) is 5.75 Å². The molecule has 0 fully saturated rings. The fourth-order valence-electron chi connectivity index (χ4n) is 1.84. The molecule has 21 heavy (non-hydrogen) atoms. The Bertz CT molecular complexity index is 627. The third-order valence-corrected chi connectivity index (χ3v) is 2.95. The van der Waals surface area contributed by atoms with Crippen LogP contribution in [0.4, 0.5) is 10.1 Å². The lowest BCUT2D eigenvalue weighted by molar-refractivity contribution is -0.119.